The van der Waals surface area contributed by atoms with Crippen molar-refractivity contribution in [1.82, 2.24) is 0 Å². The smallest absolute Gasteiger partial charge is 0.406 e. The highest BCUT2D eigenvalue weighted by Crippen LogP contribution is 2.22. The lowest BCUT2D eigenvalue weighted by Crippen LogP contribution is -2.16. The van der Waals surface area contributed by atoms with Crippen molar-refractivity contribution in [1.29, 1.82) is 0 Å². The van der Waals surface area contributed by atoms with Gasteiger partial charge in [-0.15, -0.1) is 13.2 Å². The Morgan fingerprint density at radius 2 is 1.70 bits per heavy atom. The van der Waals surface area contributed by atoms with Crippen molar-refractivity contribution in [3.05, 3.63) is 59.9 Å². The van der Waals surface area contributed by atoms with Crippen molar-refractivity contribution in [2.45, 2.75) is 6.36 Å². The molecule has 2 rings (SSSR count). The van der Waals surface area contributed by atoms with Gasteiger partial charge < -0.3 is 4.74 Å². The minimum Gasteiger partial charge on any atom is -0.406 e. The van der Waals surface area contributed by atoms with E-state index in [1.807, 2.05) is 0 Å². The van der Waals surface area contributed by atoms with Gasteiger partial charge in [0.2, 0.25) is 0 Å². The maximum absolute atomic E-state index is 12.9. The Bertz CT molecular complexity index is 605. The van der Waals surface area contributed by atoms with Crippen LogP contribution in [0.2, 0.25) is 0 Å². The molecule has 0 unspecified atom stereocenters. The molecule has 2 nitrogen and oxygen atoms in total. The molecule has 0 N–H and O–H groups in total. The fourth-order valence-corrected chi connectivity index (χ4v) is 1.46. The van der Waals surface area contributed by atoms with Crippen LogP contribution < -0.4 is 4.74 Å². The zero-order chi connectivity index (χ0) is 14.6. The lowest BCUT2D eigenvalue weighted by Gasteiger charge is -2.08. The van der Waals surface area contributed by atoms with Gasteiger partial charge in [-0.05, 0) is 48.0 Å². The van der Waals surface area contributed by atoms with E-state index in [9.17, 15) is 17.6 Å². The van der Waals surface area contributed by atoms with Gasteiger partial charge in [-0.3, -0.25) is 4.99 Å². The molecule has 0 aromatic heterocycles. The second kappa shape index (κ2) is 5.73. The van der Waals surface area contributed by atoms with Gasteiger partial charge in [0, 0.05) is 6.21 Å². The van der Waals surface area contributed by atoms with E-state index in [4.69, 9.17) is 0 Å². The van der Waals surface area contributed by atoms with Gasteiger partial charge in [-0.1, -0.05) is 6.07 Å². The normalized spacial score (nSPS) is 11.8. The molecule has 0 spiro atoms. The lowest BCUT2D eigenvalue weighted by molar-refractivity contribution is -0.274. The number of rotatable bonds is 3. The molecule has 0 aliphatic carbocycles. The molecule has 2 aromatic rings. The first kappa shape index (κ1) is 14.0. The summed E-state index contributed by atoms with van der Waals surface area (Å²) in [4.78, 5) is 4.01. The molecule has 0 saturated carbocycles. The molecule has 0 fully saturated rings. The molecule has 2 aromatic carbocycles. The van der Waals surface area contributed by atoms with E-state index in [2.05, 4.69) is 9.73 Å². The van der Waals surface area contributed by atoms with E-state index in [0.29, 0.717) is 11.3 Å². The van der Waals surface area contributed by atoms with Gasteiger partial charge in [0.15, 0.2) is 0 Å². The molecule has 0 heterocycles. The molecule has 0 aliphatic rings. The Morgan fingerprint density at radius 1 is 1.00 bits per heavy atom. The molecular formula is C14H9F4NO. The Balaban J connectivity index is 2.07. The summed E-state index contributed by atoms with van der Waals surface area (Å²) in [6, 6.07) is 10.9. The third-order valence-electron chi connectivity index (χ3n) is 2.28. The number of hydrogen-bond donors (Lipinski definition) is 0. The summed E-state index contributed by atoms with van der Waals surface area (Å²) >= 11 is 0. The summed E-state index contributed by atoms with van der Waals surface area (Å²) in [5, 5.41) is 0. The van der Waals surface area contributed by atoms with Gasteiger partial charge >= 0.3 is 6.36 Å². The van der Waals surface area contributed by atoms with Gasteiger partial charge in [-0.25, -0.2) is 4.39 Å². The standard InChI is InChI=1S/C14H9F4NO/c15-11-2-1-3-12(8-11)19-9-10-4-6-13(7-5-10)20-14(16,17)18/h1-9H. The quantitative estimate of drug-likeness (QED) is 0.601. The molecule has 0 aliphatic heterocycles. The average Bonchev–Trinajstić information content (AvgIpc) is 2.36. The third-order valence-corrected chi connectivity index (χ3v) is 2.28. The number of ether oxygens (including phenoxy) is 1. The number of hydrogen-bond acceptors (Lipinski definition) is 2. The minimum atomic E-state index is -4.71. The van der Waals surface area contributed by atoms with E-state index < -0.39 is 12.2 Å². The van der Waals surface area contributed by atoms with Crippen LogP contribution in [0.3, 0.4) is 0 Å². The molecule has 20 heavy (non-hydrogen) atoms. The van der Waals surface area contributed by atoms with Crippen molar-refractivity contribution in [3.8, 4) is 5.75 Å². The number of benzene rings is 2. The monoisotopic (exact) mass is 283 g/mol. The van der Waals surface area contributed by atoms with Gasteiger partial charge in [0.05, 0.1) is 5.69 Å². The van der Waals surface area contributed by atoms with Crippen molar-refractivity contribution in [2.24, 2.45) is 4.99 Å². The van der Waals surface area contributed by atoms with Gasteiger partial charge in [-0.2, -0.15) is 0 Å². The van der Waals surface area contributed by atoms with Crippen molar-refractivity contribution in [2.75, 3.05) is 0 Å². The van der Waals surface area contributed by atoms with Crippen LogP contribution in [-0.2, 0) is 0 Å². The molecule has 104 valence electrons. The number of halogens is 4. The first-order valence-electron chi connectivity index (χ1n) is 5.58. The Morgan fingerprint density at radius 3 is 2.30 bits per heavy atom. The van der Waals surface area contributed by atoms with Crippen LogP contribution >= 0.6 is 0 Å². The van der Waals surface area contributed by atoms with Crippen molar-refractivity contribution < 1.29 is 22.3 Å². The first-order valence-corrected chi connectivity index (χ1v) is 5.58. The van der Waals surface area contributed by atoms with Crippen LogP contribution in [0.15, 0.2) is 53.5 Å². The Labute approximate surface area is 112 Å². The second-order valence-electron chi connectivity index (χ2n) is 3.85. The molecule has 0 radical (unpaired) electrons. The second-order valence-corrected chi connectivity index (χ2v) is 3.85. The van der Waals surface area contributed by atoms with Crippen LogP contribution in [0, 0.1) is 5.82 Å². The largest absolute Gasteiger partial charge is 0.573 e. The van der Waals surface area contributed by atoms with E-state index >= 15 is 0 Å². The fraction of sp³-hybridized carbons (Fsp3) is 0.0714. The highest BCUT2D eigenvalue weighted by Gasteiger charge is 2.30. The zero-order valence-corrected chi connectivity index (χ0v) is 10.1. The van der Waals surface area contributed by atoms with Crippen molar-refractivity contribution in [3.63, 3.8) is 0 Å². The highest BCUT2D eigenvalue weighted by molar-refractivity contribution is 5.82. The van der Waals surface area contributed by atoms with Crippen molar-refractivity contribution >= 4 is 11.9 Å². The van der Waals surface area contributed by atoms with E-state index in [0.717, 1.165) is 0 Å². The molecule has 0 bridgehead atoms. The molecule has 0 amide bonds. The van der Waals surface area contributed by atoms with E-state index in [1.54, 1.807) is 6.07 Å². The highest BCUT2D eigenvalue weighted by atomic mass is 19.4. The number of alkyl halides is 3. The topological polar surface area (TPSA) is 21.6 Å². The Kier molecular flexibility index (Phi) is 4.02. The van der Waals surface area contributed by atoms with Gasteiger partial charge in [0.25, 0.3) is 0 Å². The van der Waals surface area contributed by atoms with Gasteiger partial charge in [0.1, 0.15) is 11.6 Å². The summed E-state index contributed by atoms with van der Waals surface area (Å²) in [6.07, 6.45) is -3.29. The average molecular weight is 283 g/mol. The van der Waals surface area contributed by atoms with Crippen LogP contribution in [0.1, 0.15) is 5.56 Å². The first-order chi connectivity index (χ1) is 9.42. The van der Waals surface area contributed by atoms with Crippen LogP contribution in [0.4, 0.5) is 23.2 Å². The summed E-state index contributed by atoms with van der Waals surface area (Å²) in [5.74, 6) is -0.714. The summed E-state index contributed by atoms with van der Waals surface area (Å²) in [7, 11) is 0. The minimum absolute atomic E-state index is 0.305. The zero-order valence-electron chi connectivity index (χ0n) is 10.1. The van der Waals surface area contributed by atoms with E-state index in [1.165, 1.54) is 48.7 Å². The van der Waals surface area contributed by atoms with Crippen LogP contribution in [-0.4, -0.2) is 12.6 Å². The SMILES string of the molecule is Fc1cccc(N=Cc2ccc(OC(F)(F)F)cc2)c1. The molecule has 6 heteroatoms. The number of aliphatic imine (C=N–C) groups is 1. The number of nitrogens with zero attached hydrogens (tertiary/aromatic N) is 1. The molecule has 0 atom stereocenters. The third kappa shape index (κ3) is 4.38. The lowest BCUT2D eigenvalue weighted by atomic mass is 10.2. The summed E-state index contributed by atoms with van der Waals surface area (Å²) in [6.45, 7) is 0. The molecule has 0 saturated heterocycles. The maximum Gasteiger partial charge on any atom is 0.573 e. The van der Waals surface area contributed by atoms with E-state index in [-0.39, 0.29) is 5.75 Å². The maximum atomic E-state index is 12.9. The van der Waals surface area contributed by atoms with Crippen LogP contribution in [0.5, 0.6) is 5.75 Å². The predicted molar refractivity (Wildman–Crippen MR) is 66.8 cm³/mol. The fourth-order valence-electron chi connectivity index (χ4n) is 1.46. The van der Waals surface area contributed by atoms with Crippen LogP contribution in [0.25, 0.3) is 0 Å². The Hall–Kier alpha value is -2.37. The summed E-state index contributed by atoms with van der Waals surface area (Å²) < 4.78 is 52.5. The molecular weight excluding hydrogens is 274 g/mol. The predicted octanol–water partition coefficient (Wildman–Crippen LogP) is 4.47. The summed E-state index contributed by atoms with van der Waals surface area (Å²) in [5.41, 5.74) is 0.990.